The van der Waals surface area contributed by atoms with Crippen LogP contribution in [0.4, 0.5) is 0 Å². The van der Waals surface area contributed by atoms with Crippen molar-refractivity contribution in [3.63, 3.8) is 0 Å². The summed E-state index contributed by atoms with van der Waals surface area (Å²) >= 11 is 1.91. The van der Waals surface area contributed by atoms with E-state index in [2.05, 4.69) is 11.4 Å². The molecule has 0 bridgehead atoms. The molecule has 1 N–H and O–H groups in total. The van der Waals surface area contributed by atoms with Crippen LogP contribution in [0.3, 0.4) is 0 Å². The topological polar surface area (TPSA) is 38.8 Å². The zero-order valence-corrected chi connectivity index (χ0v) is 15.2. The lowest BCUT2D eigenvalue weighted by molar-refractivity contribution is -0.949. The second-order valence-corrected chi connectivity index (χ2v) is 8.47. The molecule has 5 rings (SSSR count). The number of rotatable bonds is 3. The zero-order valence-electron chi connectivity index (χ0n) is 14.4. The maximum Gasteiger partial charge on any atom is 0.258 e. The van der Waals surface area contributed by atoms with Gasteiger partial charge in [-0.2, -0.15) is 0 Å². The molecule has 0 amide bonds. The summed E-state index contributed by atoms with van der Waals surface area (Å²) in [5.41, 5.74) is 4.34. The molecule has 1 fully saturated rings. The average Bonchev–Trinajstić information content (AvgIpc) is 3.32. The first-order valence-electron chi connectivity index (χ1n) is 9.09. The highest BCUT2D eigenvalue weighted by Crippen LogP contribution is 2.42. The maximum absolute atomic E-state index is 12.5. The summed E-state index contributed by atoms with van der Waals surface area (Å²) < 4.78 is 1.65. The van der Waals surface area contributed by atoms with Crippen LogP contribution < -0.4 is 10.5 Å². The Bertz CT molecular complexity index is 1000. The van der Waals surface area contributed by atoms with E-state index in [1.165, 1.54) is 12.8 Å². The van der Waals surface area contributed by atoms with Gasteiger partial charge < -0.3 is 4.90 Å². The van der Waals surface area contributed by atoms with E-state index in [9.17, 15) is 4.79 Å². The van der Waals surface area contributed by atoms with Crippen molar-refractivity contribution in [2.75, 3.05) is 6.54 Å². The van der Waals surface area contributed by atoms with Crippen LogP contribution >= 0.6 is 11.3 Å². The van der Waals surface area contributed by atoms with Gasteiger partial charge in [-0.15, -0.1) is 11.3 Å². The Hall–Kier alpha value is -1.98. The number of nitrogens with one attached hydrogen (secondary N) is 1. The van der Waals surface area contributed by atoms with Crippen LogP contribution in [0.15, 0.2) is 40.6 Å². The number of thiophene rings is 1. The van der Waals surface area contributed by atoms with Gasteiger partial charge in [-0.05, 0) is 42.8 Å². The number of nitrogens with zero attached hydrogens (tertiary/aromatic N) is 2. The molecule has 0 aromatic carbocycles. The predicted molar refractivity (Wildman–Crippen MR) is 99.2 cm³/mol. The van der Waals surface area contributed by atoms with Gasteiger partial charge in [-0.3, -0.25) is 9.20 Å². The molecular weight excluding hydrogens is 330 g/mol. The minimum atomic E-state index is 0.0271. The van der Waals surface area contributed by atoms with Crippen LogP contribution in [0.5, 0.6) is 0 Å². The van der Waals surface area contributed by atoms with E-state index in [4.69, 9.17) is 4.98 Å². The van der Waals surface area contributed by atoms with Gasteiger partial charge >= 0.3 is 0 Å². The quantitative estimate of drug-likeness (QED) is 0.785. The molecule has 25 heavy (non-hydrogen) atoms. The summed E-state index contributed by atoms with van der Waals surface area (Å²) in [7, 11) is 0. The lowest BCUT2D eigenvalue weighted by Gasteiger charge is -2.32. The zero-order chi connectivity index (χ0) is 17.0. The molecule has 5 heteroatoms. The smallest absolute Gasteiger partial charge is 0.258 e. The SMILES string of the molecule is Cc1ccc2nc(C[NH+]3CCc4sccc4[C@H]3C3CC3)cc(=O)n2c1. The van der Waals surface area contributed by atoms with Crippen LogP contribution in [0.1, 0.15) is 40.6 Å². The van der Waals surface area contributed by atoms with Crippen molar-refractivity contribution in [2.45, 2.75) is 38.8 Å². The van der Waals surface area contributed by atoms with Crippen molar-refractivity contribution in [2.24, 2.45) is 5.92 Å². The van der Waals surface area contributed by atoms with E-state index < -0.39 is 0 Å². The second kappa shape index (κ2) is 5.78. The summed E-state index contributed by atoms with van der Waals surface area (Å²) in [5, 5.41) is 2.24. The molecule has 1 aliphatic heterocycles. The van der Waals surface area contributed by atoms with E-state index in [1.807, 2.05) is 36.6 Å². The number of pyridine rings is 1. The number of quaternary nitrogens is 1. The van der Waals surface area contributed by atoms with Gasteiger partial charge in [0, 0.05) is 35.0 Å². The Kier molecular flexibility index (Phi) is 3.54. The highest BCUT2D eigenvalue weighted by atomic mass is 32.1. The summed E-state index contributed by atoms with van der Waals surface area (Å²) in [6.45, 7) is 3.98. The number of hydrogen-bond acceptors (Lipinski definition) is 3. The van der Waals surface area contributed by atoms with Gasteiger partial charge in [0.2, 0.25) is 0 Å². The van der Waals surface area contributed by atoms with Gasteiger partial charge in [-0.1, -0.05) is 6.07 Å². The summed E-state index contributed by atoms with van der Waals surface area (Å²) in [5.74, 6) is 0.813. The third kappa shape index (κ3) is 2.71. The molecule has 4 nitrogen and oxygen atoms in total. The molecule has 0 saturated heterocycles. The van der Waals surface area contributed by atoms with E-state index in [-0.39, 0.29) is 5.56 Å². The van der Waals surface area contributed by atoms with Gasteiger partial charge in [-0.25, -0.2) is 4.98 Å². The Labute approximate surface area is 150 Å². The largest absolute Gasteiger partial charge is 0.323 e. The normalized spacial score (nSPS) is 22.9. The number of aryl methyl sites for hydroxylation is 1. The summed E-state index contributed by atoms with van der Waals surface area (Å²) in [6.07, 6.45) is 5.71. The van der Waals surface area contributed by atoms with Crippen LogP contribution in [0.2, 0.25) is 0 Å². The Morgan fingerprint density at radius 1 is 1.32 bits per heavy atom. The fourth-order valence-electron chi connectivity index (χ4n) is 4.28. The minimum absolute atomic E-state index is 0.0271. The second-order valence-electron chi connectivity index (χ2n) is 7.47. The first-order valence-corrected chi connectivity index (χ1v) is 9.97. The third-order valence-corrected chi connectivity index (χ3v) is 6.59. The first kappa shape index (κ1) is 15.3. The molecule has 128 valence electrons. The van der Waals surface area contributed by atoms with Crippen molar-refractivity contribution in [3.05, 3.63) is 67.9 Å². The number of fused-ring (bicyclic) bond motifs is 2. The molecule has 0 spiro atoms. The molecule has 3 aromatic rings. The molecule has 4 heterocycles. The molecule has 1 saturated carbocycles. The van der Waals surface area contributed by atoms with Gasteiger partial charge in [0.1, 0.15) is 23.9 Å². The number of hydrogen-bond donors (Lipinski definition) is 1. The van der Waals surface area contributed by atoms with Crippen LogP contribution in [0.25, 0.3) is 5.65 Å². The molecule has 1 aliphatic carbocycles. The summed E-state index contributed by atoms with van der Waals surface area (Å²) in [6, 6.07) is 8.61. The predicted octanol–water partition coefficient (Wildman–Crippen LogP) is 2.16. The van der Waals surface area contributed by atoms with Crippen LogP contribution in [-0.4, -0.2) is 15.9 Å². The molecule has 3 aromatic heterocycles. The van der Waals surface area contributed by atoms with Crippen molar-refractivity contribution in [1.82, 2.24) is 9.38 Å². The standard InChI is InChI=1S/C20H21N3OS/c1-13-2-5-18-21-15(10-19(24)23(18)11-13)12-22-8-6-17-16(7-9-25-17)20(22)14-3-4-14/h2,5,7,9-11,14,20H,3-4,6,8,12H2,1H3/p+1/t20-/m1/s1. The molecule has 2 aliphatic rings. The monoisotopic (exact) mass is 352 g/mol. The molecule has 1 unspecified atom stereocenters. The van der Waals surface area contributed by atoms with E-state index in [1.54, 1.807) is 25.8 Å². The van der Waals surface area contributed by atoms with Gasteiger partial charge in [0.25, 0.3) is 5.56 Å². The van der Waals surface area contributed by atoms with Crippen molar-refractivity contribution in [3.8, 4) is 0 Å². The summed E-state index contributed by atoms with van der Waals surface area (Å²) in [4.78, 5) is 20.4. The highest BCUT2D eigenvalue weighted by Gasteiger charge is 2.43. The van der Waals surface area contributed by atoms with Crippen molar-refractivity contribution in [1.29, 1.82) is 0 Å². The van der Waals surface area contributed by atoms with Crippen LogP contribution in [-0.2, 0) is 13.0 Å². The fraction of sp³-hybridized carbons (Fsp3) is 0.400. The molecular formula is C20H22N3OS+. The van der Waals surface area contributed by atoms with E-state index in [0.29, 0.717) is 6.04 Å². The van der Waals surface area contributed by atoms with E-state index in [0.717, 1.165) is 42.3 Å². The minimum Gasteiger partial charge on any atom is -0.323 e. The Morgan fingerprint density at radius 3 is 3.04 bits per heavy atom. The number of aromatic nitrogens is 2. The lowest BCUT2D eigenvalue weighted by atomic mass is 9.95. The van der Waals surface area contributed by atoms with Crippen molar-refractivity contribution >= 4 is 17.0 Å². The fourth-order valence-corrected chi connectivity index (χ4v) is 5.21. The lowest BCUT2D eigenvalue weighted by Crippen LogP contribution is -3.12. The van der Waals surface area contributed by atoms with Gasteiger partial charge in [0.15, 0.2) is 0 Å². The third-order valence-electron chi connectivity index (χ3n) is 5.59. The Morgan fingerprint density at radius 2 is 2.20 bits per heavy atom. The average molecular weight is 352 g/mol. The first-order chi connectivity index (χ1) is 12.2. The molecule has 0 radical (unpaired) electrons. The van der Waals surface area contributed by atoms with Gasteiger partial charge in [0.05, 0.1) is 6.54 Å². The highest BCUT2D eigenvalue weighted by molar-refractivity contribution is 7.10. The Balaban J connectivity index is 1.50. The maximum atomic E-state index is 12.5. The molecule has 2 atom stereocenters. The van der Waals surface area contributed by atoms with Crippen molar-refractivity contribution < 1.29 is 4.90 Å². The van der Waals surface area contributed by atoms with E-state index >= 15 is 0 Å². The van der Waals surface area contributed by atoms with Crippen LogP contribution in [0, 0.1) is 12.8 Å².